The van der Waals surface area contributed by atoms with Gasteiger partial charge in [-0.1, -0.05) is 277 Å². The van der Waals surface area contributed by atoms with Crippen LogP contribution in [0, 0.1) is 69.2 Å². The van der Waals surface area contributed by atoms with Crippen molar-refractivity contribution in [1.29, 1.82) is 0 Å². The minimum absolute atomic E-state index is 0.216. The Kier molecular flexibility index (Phi) is 33.5. The minimum atomic E-state index is -0.354. The molecule has 0 aromatic heterocycles. The first kappa shape index (κ1) is 93.7. The van der Waals surface area contributed by atoms with E-state index < -0.39 is 0 Å². The zero-order valence-electron chi connectivity index (χ0n) is 74.8. The molecule has 15 rings (SSSR count). The fourth-order valence-electron chi connectivity index (χ4n) is 15.8. The Morgan fingerprint density at radius 1 is 0.349 bits per heavy atom. The number of ether oxygens (including phenoxy) is 3. The van der Waals surface area contributed by atoms with Crippen molar-refractivity contribution in [1.82, 2.24) is 10.6 Å². The van der Waals surface area contributed by atoms with Gasteiger partial charge in [-0.2, -0.15) is 0 Å². The maximum Gasteiger partial charge on any atom is 0.290 e. The molecule has 5 unspecified atom stereocenters. The summed E-state index contributed by atoms with van der Waals surface area (Å²) in [5.41, 5.74) is 29.7. The Bertz CT molecular complexity index is 5860. The second kappa shape index (κ2) is 45.1. The normalized spacial score (nSPS) is 14.1. The largest absolute Gasteiger partial charge is 0.508 e. The van der Waals surface area contributed by atoms with Gasteiger partial charge in [0.1, 0.15) is 52.3 Å². The predicted octanol–water partition coefficient (Wildman–Crippen LogP) is 28.3. The van der Waals surface area contributed by atoms with E-state index in [1.54, 1.807) is 54.6 Å². The van der Waals surface area contributed by atoms with Gasteiger partial charge >= 0.3 is 0 Å². The third-order valence-corrected chi connectivity index (χ3v) is 23.5. The first-order valence-corrected chi connectivity index (χ1v) is 44.5. The molecule has 0 radical (unpaired) electrons. The molecule has 13 aromatic carbocycles. The molecule has 2 fully saturated rings. The minimum Gasteiger partial charge on any atom is -0.508 e. The number of nitrogens with one attached hydrogen (secondary N) is 2. The summed E-state index contributed by atoms with van der Waals surface area (Å²) in [7, 11) is 0. The van der Waals surface area contributed by atoms with Crippen LogP contribution in [0.15, 0.2) is 290 Å². The smallest absolute Gasteiger partial charge is 0.290 e. The fourth-order valence-corrected chi connectivity index (χ4v) is 17.4. The van der Waals surface area contributed by atoms with Crippen LogP contribution in [0.1, 0.15) is 191 Å². The number of thioether (sulfide) groups is 2. The van der Waals surface area contributed by atoms with Crippen LogP contribution >= 0.6 is 23.5 Å². The molecule has 0 aliphatic carbocycles. The number of carbonyl (C=O) groups excluding carboxylic acids is 5. The molecule has 14 heteroatoms. The second-order valence-electron chi connectivity index (χ2n) is 33.6. The Balaban J connectivity index is 0.000000156. The number of allylic oxidation sites excluding steroid dienone is 1. The number of aldehydes is 1. The lowest BCUT2D eigenvalue weighted by Gasteiger charge is -2.14. The van der Waals surface area contributed by atoms with Gasteiger partial charge in [-0.3, -0.25) is 34.6 Å². The van der Waals surface area contributed by atoms with Gasteiger partial charge in [0.2, 0.25) is 5.91 Å². The van der Waals surface area contributed by atoms with E-state index in [0.717, 1.165) is 101 Å². The molecule has 2 aliphatic rings. The van der Waals surface area contributed by atoms with E-state index in [1.807, 2.05) is 109 Å². The number of imide groups is 2. The summed E-state index contributed by atoms with van der Waals surface area (Å²) in [6.07, 6.45) is 9.29. The number of rotatable bonds is 24. The van der Waals surface area contributed by atoms with Gasteiger partial charge in [0.05, 0.1) is 10.2 Å². The number of benzene rings is 13. The molecule has 0 spiro atoms. The zero-order valence-corrected chi connectivity index (χ0v) is 76.4. The molecule has 2 heterocycles. The highest BCUT2D eigenvalue weighted by molar-refractivity contribution is 8.18. The van der Waals surface area contributed by atoms with Crippen LogP contribution in [0.3, 0.4) is 0 Å². The highest BCUT2D eigenvalue weighted by atomic mass is 32.2. The zero-order chi connectivity index (χ0) is 90.1. The van der Waals surface area contributed by atoms with Crippen LogP contribution in [-0.2, 0) is 41.7 Å². The second-order valence-corrected chi connectivity index (χ2v) is 35.8. The van der Waals surface area contributed by atoms with E-state index >= 15 is 0 Å². The maximum atomic E-state index is 11.7. The van der Waals surface area contributed by atoms with Crippen LogP contribution in [0.4, 0.5) is 9.59 Å². The Hall–Kier alpha value is -13.0. The van der Waals surface area contributed by atoms with Gasteiger partial charge in [0.15, 0.2) is 0 Å². The molecular formula is C112H114N2O10S2. The van der Waals surface area contributed by atoms with Gasteiger partial charge in [-0.25, -0.2) is 0 Å². The van der Waals surface area contributed by atoms with E-state index in [4.69, 9.17) is 14.2 Å². The van der Waals surface area contributed by atoms with Gasteiger partial charge < -0.3 is 24.4 Å². The number of carbonyl (C=O) groups is 5. The summed E-state index contributed by atoms with van der Waals surface area (Å²) in [4.78, 5) is 57.1. The van der Waals surface area contributed by atoms with E-state index in [0.29, 0.717) is 57.8 Å². The van der Waals surface area contributed by atoms with Crippen molar-refractivity contribution < 1.29 is 48.4 Å². The molecule has 0 bridgehead atoms. The maximum absolute atomic E-state index is 11.7. The number of phenolic OH excluding ortho intramolecular Hbond substituents is 2. The Morgan fingerprint density at radius 2 is 0.643 bits per heavy atom. The molecule has 12 nitrogen and oxygen atoms in total. The van der Waals surface area contributed by atoms with Crippen molar-refractivity contribution in [3.8, 4) is 46.0 Å². The quantitative estimate of drug-likeness (QED) is 0.0256. The lowest BCUT2D eigenvalue weighted by molar-refractivity contribution is -0.119. The van der Waals surface area contributed by atoms with Crippen LogP contribution < -0.4 is 24.8 Å². The van der Waals surface area contributed by atoms with Gasteiger partial charge in [-0.05, 0) is 331 Å². The predicted molar refractivity (Wildman–Crippen MR) is 520 cm³/mol. The van der Waals surface area contributed by atoms with Crippen molar-refractivity contribution in [2.75, 3.05) is 0 Å². The Labute approximate surface area is 752 Å². The molecule has 4 amide bonds. The number of aryl methyl sites for hydroxylation is 10. The molecule has 4 N–H and O–H groups in total. The van der Waals surface area contributed by atoms with E-state index in [2.05, 4.69) is 248 Å². The first-order chi connectivity index (χ1) is 60.3. The van der Waals surface area contributed by atoms with Gasteiger partial charge in [-0.15, -0.1) is 0 Å². The van der Waals surface area contributed by atoms with E-state index in [9.17, 15) is 34.2 Å². The highest BCUT2D eigenvalue weighted by Crippen LogP contribution is 2.35. The number of hydrogen-bond acceptors (Lipinski definition) is 12. The summed E-state index contributed by atoms with van der Waals surface area (Å²) in [6, 6.07) is 95.2. The first-order valence-electron chi connectivity index (χ1n) is 42.8. The lowest BCUT2D eigenvalue weighted by atomic mass is 9.92. The van der Waals surface area contributed by atoms with Gasteiger partial charge in [0.25, 0.3) is 16.4 Å². The third kappa shape index (κ3) is 29.6. The summed E-state index contributed by atoms with van der Waals surface area (Å²) in [5, 5.41) is 22.2. The average Bonchev–Trinajstić information content (AvgIpc) is 1.32. The van der Waals surface area contributed by atoms with Crippen LogP contribution in [0.25, 0.3) is 17.7 Å². The third-order valence-electron chi connectivity index (χ3n) is 21.7. The summed E-state index contributed by atoms with van der Waals surface area (Å²) >= 11 is 1.96. The molecule has 0 saturated carbocycles. The van der Waals surface area contributed by atoms with Crippen molar-refractivity contribution in [2.24, 2.45) is 0 Å². The molecule has 13 aromatic rings. The highest BCUT2D eigenvalue weighted by Gasteiger charge is 2.32. The molecule has 644 valence electrons. The molecule has 2 saturated heterocycles. The number of phenols is 2. The van der Waals surface area contributed by atoms with E-state index in [1.165, 1.54) is 111 Å². The van der Waals surface area contributed by atoms with Crippen LogP contribution in [0.5, 0.6) is 46.0 Å². The molecule has 126 heavy (non-hydrogen) atoms. The molecule has 5 atom stereocenters. The standard InChI is InChI=1S/C27H27NO3S.C27H25NO3S.C24H24O2.C17H20O.C17H18O/c2*1-17-12-18(2)14-21(13-17)15-19(3)22-6-10-24(11-7-22)31-23-8-4-20(5-9-23)16-25-26(29)28-27(30)32-25;1-17-12-18(2)14-21(13-17)15-19(3)22-6-10-24(11-7-22)26-23-8-4-20(16-25)5-9-23;2*1-12-8-13(2)10-15(9-12)11-14(3)16-4-6-17(18)7-5-16/h4-14,19,25H,15-16H2,1-3H3,(H,28,29,30);4-14,16,19H,15H2,1-3H3,(H,28,29,30);4-14,16,19H,15H2,1-3H3;4-10,14,18H,11H2,1-3H3;4-11,18H,1-3H3/b;25-16-;;;14-11-. The summed E-state index contributed by atoms with van der Waals surface area (Å²) in [6.45, 7) is 32.4. The number of aromatic hydroxyl groups is 2. The van der Waals surface area contributed by atoms with Crippen LogP contribution in [0.2, 0.25) is 0 Å². The van der Waals surface area contributed by atoms with Crippen LogP contribution in [-0.4, -0.2) is 44.0 Å². The van der Waals surface area contributed by atoms with E-state index in [-0.39, 0.29) is 27.5 Å². The Morgan fingerprint density at radius 3 is 0.944 bits per heavy atom. The fraction of sp³-hybridized carbons (Fsp3) is 0.223. The summed E-state index contributed by atoms with van der Waals surface area (Å²) in [5.74, 6) is 6.34. The summed E-state index contributed by atoms with van der Waals surface area (Å²) < 4.78 is 17.8. The SMILES string of the molecule is C/C(=C/c1cc(C)cc(C)c1)c1ccc(O)cc1.Cc1cc(C)cc(CC(C)c2ccc(O)cc2)c1.Cc1cc(C)cc(CC(C)c2ccc(Oc3ccc(/C=C4\SC(=O)NC4=O)cc3)cc2)c1.Cc1cc(C)cc(CC(C)c2ccc(Oc3ccc(C=O)cc3)cc2)c1.Cc1cc(C)cc(CC(C)c2ccc(Oc3ccc(CC4SC(=O)NC4=O)cc3)cc2)c1. The van der Waals surface area contributed by atoms with Crippen molar-refractivity contribution in [3.05, 3.63) is 418 Å². The number of hydrogen-bond donors (Lipinski definition) is 4. The lowest BCUT2D eigenvalue weighted by Crippen LogP contribution is -2.25. The number of amides is 4. The monoisotopic (exact) mass is 1710 g/mol. The molecule has 2 aliphatic heterocycles. The van der Waals surface area contributed by atoms with Crippen molar-refractivity contribution >= 4 is 69.8 Å². The van der Waals surface area contributed by atoms with Crippen molar-refractivity contribution in [2.45, 2.75) is 165 Å². The topological polar surface area (TPSA) is 178 Å². The van der Waals surface area contributed by atoms with Crippen molar-refractivity contribution in [3.63, 3.8) is 0 Å². The molecular weight excluding hydrogens is 1600 g/mol. The van der Waals surface area contributed by atoms with Gasteiger partial charge in [0, 0.05) is 5.56 Å². The average molecular weight is 1710 g/mol.